The Hall–Kier alpha value is -1.95. The summed E-state index contributed by atoms with van der Waals surface area (Å²) in [4.78, 5) is 10.4. The van der Waals surface area contributed by atoms with Gasteiger partial charge in [0.1, 0.15) is 12.4 Å². The first-order chi connectivity index (χ1) is 8.61. The van der Waals surface area contributed by atoms with Gasteiger partial charge in [-0.1, -0.05) is 0 Å². The molecule has 0 atom stereocenters. The van der Waals surface area contributed by atoms with Crippen LogP contribution in [0.15, 0.2) is 18.2 Å². The summed E-state index contributed by atoms with van der Waals surface area (Å²) in [7, 11) is 0. The third kappa shape index (κ3) is 5.40. The van der Waals surface area contributed by atoms with E-state index in [1.165, 1.54) is 0 Å². The number of carbonyl (C=O) groups is 1. The highest BCUT2D eigenvalue weighted by molar-refractivity contribution is 5.74. The quantitative estimate of drug-likeness (QED) is 0.465. The van der Waals surface area contributed by atoms with E-state index in [9.17, 15) is 4.79 Å². The molecule has 18 heavy (non-hydrogen) atoms. The Morgan fingerprint density at radius 2 is 2.17 bits per heavy atom. The first-order valence-electron chi connectivity index (χ1n) is 5.75. The van der Waals surface area contributed by atoms with Crippen molar-refractivity contribution in [2.24, 2.45) is 5.73 Å². The summed E-state index contributed by atoms with van der Waals surface area (Å²) in [6.45, 7) is 3.38. The molecule has 0 radical (unpaired) electrons. The lowest BCUT2D eigenvalue weighted by atomic mass is 10.2. The number of nitrogens with one attached hydrogen (secondary N) is 1. The smallest absolute Gasteiger partial charge is 0.243 e. The number of amides is 1. The Morgan fingerprint density at radius 3 is 2.83 bits per heavy atom. The van der Waals surface area contributed by atoms with Crippen molar-refractivity contribution in [3.8, 4) is 5.75 Å². The highest BCUT2D eigenvalue weighted by atomic mass is 16.5. The second kappa shape index (κ2) is 7.39. The van der Waals surface area contributed by atoms with Gasteiger partial charge in [0.15, 0.2) is 0 Å². The van der Waals surface area contributed by atoms with Crippen LogP contribution < -0.4 is 21.5 Å². The predicted molar refractivity (Wildman–Crippen MR) is 70.5 cm³/mol. The molecule has 6 nitrogen and oxygen atoms in total. The van der Waals surface area contributed by atoms with Gasteiger partial charge in [-0.05, 0) is 13.0 Å². The van der Waals surface area contributed by atoms with Crippen LogP contribution in [0.2, 0.25) is 0 Å². The first-order valence-corrected chi connectivity index (χ1v) is 5.75. The number of nitrogen functional groups attached to an aromatic ring is 1. The van der Waals surface area contributed by atoms with Gasteiger partial charge < -0.3 is 26.3 Å². The van der Waals surface area contributed by atoms with Crippen molar-refractivity contribution >= 4 is 17.3 Å². The lowest BCUT2D eigenvalue weighted by Crippen LogP contribution is -2.20. The van der Waals surface area contributed by atoms with Gasteiger partial charge in [-0.2, -0.15) is 0 Å². The summed E-state index contributed by atoms with van der Waals surface area (Å²) in [5, 5.41) is 3.12. The molecule has 100 valence electrons. The molecule has 0 aliphatic heterocycles. The topological polar surface area (TPSA) is 99.6 Å². The standard InChI is InChI=1S/C12H19N3O3/c1-2-18-11-6-9(13)5-10(7-11)15-3-4-17-8-12(14)16/h5-7,15H,2-4,8,13H2,1H3,(H2,14,16). The Morgan fingerprint density at radius 1 is 1.39 bits per heavy atom. The molecule has 0 bridgehead atoms. The van der Waals surface area contributed by atoms with E-state index in [0.717, 1.165) is 11.4 Å². The largest absolute Gasteiger partial charge is 0.494 e. The van der Waals surface area contributed by atoms with Crippen molar-refractivity contribution in [1.29, 1.82) is 0 Å². The van der Waals surface area contributed by atoms with Crippen molar-refractivity contribution in [3.63, 3.8) is 0 Å². The number of anilines is 2. The number of carbonyl (C=O) groups excluding carboxylic acids is 1. The van der Waals surface area contributed by atoms with Crippen LogP contribution in [0.1, 0.15) is 6.92 Å². The SMILES string of the molecule is CCOc1cc(N)cc(NCCOCC(N)=O)c1. The van der Waals surface area contributed by atoms with Gasteiger partial charge >= 0.3 is 0 Å². The van der Waals surface area contributed by atoms with Gasteiger partial charge in [-0.3, -0.25) is 4.79 Å². The zero-order chi connectivity index (χ0) is 13.4. The average molecular weight is 253 g/mol. The van der Waals surface area contributed by atoms with Crippen molar-refractivity contribution in [3.05, 3.63) is 18.2 Å². The van der Waals surface area contributed by atoms with Gasteiger partial charge in [-0.25, -0.2) is 0 Å². The third-order valence-corrected chi connectivity index (χ3v) is 2.06. The Balaban J connectivity index is 2.39. The van der Waals surface area contributed by atoms with Crippen molar-refractivity contribution in [2.75, 3.05) is 37.4 Å². The van der Waals surface area contributed by atoms with Crippen LogP contribution in [-0.2, 0) is 9.53 Å². The maximum Gasteiger partial charge on any atom is 0.243 e. The lowest BCUT2D eigenvalue weighted by Gasteiger charge is -2.10. The minimum atomic E-state index is -0.474. The maximum absolute atomic E-state index is 10.4. The van der Waals surface area contributed by atoms with E-state index in [0.29, 0.717) is 25.4 Å². The highest BCUT2D eigenvalue weighted by Gasteiger charge is 2.00. The van der Waals surface area contributed by atoms with Gasteiger partial charge in [0.2, 0.25) is 5.91 Å². The van der Waals surface area contributed by atoms with Crippen LogP contribution in [-0.4, -0.2) is 32.3 Å². The Kier molecular flexibility index (Phi) is 5.79. The molecule has 0 aromatic heterocycles. The molecular weight excluding hydrogens is 234 g/mol. The molecule has 1 aromatic rings. The molecule has 0 spiro atoms. The Bertz CT molecular complexity index is 396. The summed E-state index contributed by atoms with van der Waals surface area (Å²) in [6.07, 6.45) is 0. The van der Waals surface area contributed by atoms with Gasteiger partial charge in [0.05, 0.1) is 13.2 Å². The number of ether oxygens (including phenoxy) is 2. The number of hydrogen-bond donors (Lipinski definition) is 3. The third-order valence-electron chi connectivity index (χ3n) is 2.06. The number of hydrogen-bond acceptors (Lipinski definition) is 5. The van der Waals surface area contributed by atoms with E-state index < -0.39 is 5.91 Å². The molecule has 0 heterocycles. The molecule has 5 N–H and O–H groups in total. The van der Waals surface area contributed by atoms with Crippen LogP contribution in [0.25, 0.3) is 0 Å². The van der Waals surface area contributed by atoms with Gasteiger partial charge in [0, 0.05) is 30.1 Å². The fourth-order valence-electron chi connectivity index (χ4n) is 1.41. The molecule has 1 aromatic carbocycles. The predicted octanol–water partition coefficient (Wildman–Crippen LogP) is 0.581. The molecule has 0 saturated heterocycles. The molecule has 0 saturated carbocycles. The number of primary amides is 1. The fraction of sp³-hybridized carbons (Fsp3) is 0.417. The van der Waals surface area contributed by atoms with E-state index in [1.807, 2.05) is 13.0 Å². The van der Waals surface area contributed by atoms with Crippen LogP contribution in [0.5, 0.6) is 5.75 Å². The molecule has 0 aliphatic rings. The average Bonchev–Trinajstić information content (AvgIpc) is 2.28. The molecule has 0 aliphatic carbocycles. The number of rotatable bonds is 8. The van der Waals surface area contributed by atoms with Gasteiger partial charge in [-0.15, -0.1) is 0 Å². The second-order valence-electron chi connectivity index (χ2n) is 3.67. The van der Waals surface area contributed by atoms with Crippen LogP contribution in [0, 0.1) is 0 Å². The summed E-state index contributed by atoms with van der Waals surface area (Å²) in [6, 6.07) is 5.42. The first kappa shape index (κ1) is 14.1. The van der Waals surface area contributed by atoms with E-state index in [-0.39, 0.29) is 6.61 Å². The van der Waals surface area contributed by atoms with Crippen LogP contribution in [0.4, 0.5) is 11.4 Å². The molecule has 1 amide bonds. The second-order valence-corrected chi connectivity index (χ2v) is 3.67. The molecule has 6 heteroatoms. The minimum absolute atomic E-state index is 0.0667. The lowest BCUT2D eigenvalue weighted by molar-refractivity contribution is -0.122. The molecular formula is C12H19N3O3. The van der Waals surface area contributed by atoms with E-state index in [2.05, 4.69) is 5.32 Å². The fourth-order valence-corrected chi connectivity index (χ4v) is 1.41. The molecule has 0 unspecified atom stereocenters. The normalized spacial score (nSPS) is 10.1. The van der Waals surface area contributed by atoms with Crippen molar-refractivity contribution in [2.45, 2.75) is 6.92 Å². The van der Waals surface area contributed by atoms with E-state index >= 15 is 0 Å². The maximum atomic E-state index is 10.4. The zero-order valence-corrected chi connectivity index (χ0v) is 10.4. The summed E-state index contributed by atoms with van der Waals surface area (Å²) < 4.78 is 10.4. The van der Waals surface area contributed by atoms with Crippen LogP contribution >= 0.6 is 0 Å². The molecule has 1 rings (SSSR count). The number of nitrogens with two attached hydrogens (primary N) is 2. The van der Waals surface area contributed by atoms with Gasteiger partial charge in [0.25, 0.3) is 0 Å². The highest BCUT2D eigenvalue weighted by Crippen LogP contribution is 2.22. The van der Waals surface area contributed by atoms with Crippen molar-refractivity contribution in [1.82, 2.24) is 0 Å². The Labute approximate surface area is 106 Å². The zero-order valence-electron chi connectivity index (χ0n) is 10.4. The molecule has 0 fully saturated rings. The van der Waals surface area contributed by atoms with E-state index in [4.69, 9.17) is 20.9 Å². The summed E-state index contributed by atoms with van der Waals surface area (Å²) >= 11 is 0. The minimum Gasteiger partial charge on any atom is -0.494 e. The summed E-state index contributed by atoms with van der Waals surface area (Å²) in [5.74, 6) is 0.246. The number of benzene rings is 1. The summed E-state index contributed by atoms with van der Waals surface area (Å²) in [5.41, 5.74) is 12.2. The van der Waals surface area contributed by atoms with Crippen molar-refractivity contribution < 1.29 is 14.3 Å². The monoisotopic (exact) mass is 253 g/mol. The van der Waals surface area contributed by atoms with E-state index in [1.54, 1.807) is 12.1 Å². The van der Waals surface area contributed by atoms with Crippen LogP contribution in [0.3, 0.4) is 0 Å².